The molecule has 5 rings (SSSR count). The maximum absolute atomic E-state index is 14.3. The van der Waals surface area contributed by atoms with Gasteiger partial charge in [-0.1, -0.05) is 30.4 Å². The summed E-state index contributed by atoms with van der Waals surface area (Å²) in [6.45, 7) is 2.45. The molecule has 2 heterocycles. The standard InChI is InChI=1S/C23H25N3O3S2.ClH/c1-23(31(27,28)26-19(12-24)11-17-5-2-3-7-21(17)26)10-4-6-20(16-8-9-16)22(23)29-13-18-14-30-15-25-18;/h2-7,11,14-16H,8-10,12-13,24H2,1H3;1H. The van der Waals surface area contributed by atoms with Crippen molar-refractivity contribution in [2.75, 3.05) is 0 Å². The van der Waals surface area contributed by atoms with Crippen LogP contribution in [0.2, 0.25) is 0 Å². The molecule has 2 aliphatic rings. The quantitative estimate of drug-likeness (QED) is 0.524. The van der Waals surface area contributed by atoms with Crippen molar-refractivity contribution < 1.29 is 31.3 Å². The minimum Gasteiger partial charge on any atom is -1.00 e. The minimum absolute atomic E-state index is 0. The summed E-state index contributed by atoms with van der Waals surface area (Å²) in [7, 11) is -3.84. The zero-order chi connectivity index (χ0) is 21.6. The molecule has 0 amide bonds. The molecule has 0 aliphatic heterocycles. The van der Waals surface area contributed by atoms with Gasteiger partial charge in [-0.05, 0) is 49.8 Å². The Bertz CT molecular complexity index is 1290. The highest BCUT2D eigenvalue weighted by Gasteiger charge is 2.50. The zero-order valence-electron chi connectivity index (χ0n) is 17.8. The zero-order valence-corrected chi connectivity index (χ0v) is 20.2. The summed E-state index contributed by atoms with van der Waals surface area (Å²) in [5.41, 5.74) is 8.94. The second-order valence-corrected chi connectivity index (χ2v) is 11.3. The first-order chi connectivity index (χ1) is 15.0. The van der Waals surface area contributed by atoms with Gasteiger partial charge in [0.05, 0.1) is 22.4 Å². The Labute approximate surface area is 198 Å². The first kappa shape index (κ1) is 23.0. The van der Waals surface area contributed by atoms with Crippen molar-refractivity contribution in [3.05, 3.63) is 76.1 Å². The largest absolute Gasteiger partial charge is 1.00 e. The Balaban J connectivity index is 0.00000245. The molecule has 1 aromatic carbocycles. The normalized spacial score (nSPS) is 21.1. The molecule has 3 N–H and O–H groups in total. The van der Waals surface area contributed by atoms with Gasteiger partial charge in [-0.2, -0.15) is 0 Å². The van der Waals surface area contributed by atoms with Crippen LogP contribution in [0.4, 0.5) is 0 Å². The van der Waals surface area contributed by atoms with E-state index in [0.29, 0.717) is 35.9 Å². The van der Waals surface area contributed by atoms with Gasteiger partial charge in [0.25, 0.3) is 10.0 Å². The van der Waals surface area contributed by atoms with Gasteiger partial charge < -0.3 is 22.9 Å². The van der Waals surface area contributed by atoms with E-state index >= 15 is 0 Å². The second kappa shape index (κ2) is 8.67. The summed E-state index contributed by atoms with van der Waals surface area (Å²) in [6.07, 6.45) is 6.53. The Hall–Kier alpha value is -2.13. The van der Waals surface area contributed by atoms with Crippen LogP contribution in [-0.4, -0.2) is 22.1 Å². The molecule has 2 aliphatic carbocycles. The van der Waals surface area contributed by atoms with E-state index in [1.807, 2.05) is 41.8 Å². The maximum atomic E-state index is 14.3. The van der Waals surface area contributed by atoms with Crippen molar-refractivity contribution in [1.82, 2.24) is 8.96 Å². The summed E-state index contributed by atoms with van der Waals surface area (Å²) in [5.74, 6) is 0.934. The topological polar surface area (TPSA) is 88.8 Å². The molecule has 32 heavy (non-hydrogen) atoms. The number of hydrogen-bond donors (Lipinski definition) is 1. The Morgan fingerprint density at radius 3 is 2.78 bits per heavy atom. The average molecular weight is 492 g/mol. The lowest BCUT2D eigenvalue weighted by atomic mass is 9.92. The van der Waals surface area contributed by atoms with Gasteiger partial charge in [0.2, 0.25) is 0 Å². The summed E-state index contributed by atoms with van der Waals surface area (Å²) >= 11 is 1.50. The van der Waals surface area contributed by atoms with Gasteiger partial charge >= 0.3 is 0 Å². The third-order valence-electron chi connectivity index (χ3n) is 6.22. The van der Waals surface area contributed by atoms with Crippen molar-refractivity contribution in [3.63, 3.8) is 0 Å². The average Bonchev–Trinajstić information content (AvgIpc) is 3.33. The number of rotatable bonds is 7. The van der Waals surface area contributed by atoms with Crippen LogP contribution in [0.25, 0.3) is 10.9 Å². The third-order valence-corrected chi connectivity index (χ3v) is 9.25. The molecule has 1 fully saturated rings. The van der Waals surface area contributed by atoms with Crippen LogP contribution < -0.4 is 18.1 Å². The number of quaternary nitrogens is 1. The van der Waals surface area contributed by atoms with Crippen LogP contribution in [0.3, 0.4) is 0 Å². The molecule has 3 aromatic rings. The van der Waals surface area contributed by atoms with Crippen LogP contribution in [-0.2, 0) is 27.9 Å². The highest BCUT2D eigenvalue weighted by molar-refractivity contribution is 7.91. The molecule has 1 atom stereocenters. The van der Waals surface area contributed by atoms with Crippen LogP contribution in [0.5, 0.6) is 0 Å². The first-order valence-corrected chi connectivity index (χ1v) is 12.9. The van der Waals surface area contributed by atoms with E-state index in [2.05, 4.69) is 16.8 Å². The van der Waals surface area contributed by atoms with Crippen molar-refractivity contribution in [3.8, 4) is 0 Å². The fraction of sp³-hybridized carbons (Fsp3) is 0.348. The molecule has 6 nitrogen and oxygen atoms in total. The van der Waals surface area contributed by atoms with E-state index in [0.717, 1.165) is 29.5 Å². The Morgan fingerprint density at radius 1 is 1.31 bits per heavy atom. The van der Waals surface area contributed by atoms with Gasteiger partial charge in [0.15, 0.2) is 0 Å². The third kappa shape index (κ3) is 3.69. The van der Waals surface area contributed by atoms with Crippen molar-refractivity contribution in [1.29, 1.82) is 0 Å². The Morgan fingerprint density at radius 2 is 2.09 bits per heavy atom. The second-order valence-electron chi connectivity index (χ2n) is 8.38. The molecule has 0 radical (unpaired) electrons. The number of fused-ring (bicyclic) bond motifs is 1. The monoisotopic (exact) mass is 491 g/mol. The number of thiazole rings is 1. The summed E-state index contributed by atoms with van der Waals surface area (Å²) in [5, 5.41) is 2.83. The molecule has 1 unspecified atom stereocenters. The molecule has 1 saturated carbocycles. The number of ether oxygens (including phenoxy) is 1. The fourth-order valence-electron chi connectivity index (χ4n) is 4.36. The van der Waals surface area contributed by atoms with Crippen LogP contribution in [0, 0.1) is 5.92 Å². The predicted octanol–water partition coefficient (Wildman–Crippen LogP) is 0.621. The first-order valence-electron chi connectivity index (χ1n) is 10.5. The number of allylic oxidation sites excluding steroid dienone is 3. The van der Waals surface area contributed by atoms with E-state index in [1.54, 1.807) is 12.4 Å². The van der Waals surface area contributed by atoms with Crippen molar-refractivity contribution in [2.24, 2.45) is 5.92 Å². The van der Waals surface area contributed by atoms with E-state index in [9.17, 15) is 8.42 Å². The molecular formula is C23H26ClN3O3S2. The number of halogens is 1. The fourth-order valence-corrected chi connectivity index (χ4v) is 6.90. The lowest BCUT2D eigenvalue weighted by molar-refractivity contribution is -0.387. The molecule has 9 heteroatoms. The SMILES string of the molecule is CC1(S(=O)(=O)n2c(C[NH3+])cc3ccccc32)CC=CC(C2CC2)=C1OCc1cscn1.[Cl-]. The smallest absolute Gasteiger partial charge is 0.252 e. The van der Waals surface area contributed by atoms with Crippen LogP contribution in [0.15, 0.2) is 64.7 Å². The van der Waals surface area contributed by atoms with E-state index in [1.165, 1.54) is 15.3 Å². The maximum Gasteiger partial charge on any atom is 0.252 e. The molecule has 2 aromatic heterocycles. The minimum atomic E-state index is -3.84. The van der Waals surface area contributed by atoms with Gasteiger partial charge in [-0.3, -0.25) is 0 Å². The highest BCUT2D eigenvalue weighted by Crippen LogP contribution is 2.47. The lowest BCUT2D eigenvalue weighted by Gasteiger charge is -2.35. The van der Waals surface area contributed by atoms with Crippen LogP contribution in [0.1, 0.15) is 37.6 Å². The van der Waals surface area contributed by atoms with Gasteiger partial charge in [0, 0.05) is 10.8 Å². The number of nitrogens with zero attached hydrogens (tertiary/aromatic N) is 2. The predicted molar refractivity (Wildman–Crippen MR) is 122 cm³/mol. The van der Waals surface area contributed by atoms with E-state index in [-0.39, 0.29) is 19.0 Å². The molecule has 0 spiro atoms. The van der Waals surface area contributed by atoms with E-state index < -0.39 is 14.8 Å². The number of para-hydroxylation sites is 1. The summed E-state index contributed by atoms with van der Waals surface area (Å²) in [6, 6.07) is 9.51. The molecule has 170 valence electrons. The van der Waals surface area contributed by atoms with Crippen molar-refractivity contribution in [2.45, 2.75) is 44.1 Å². The van der Waals surface area contributed by atoms with Crippen LogP contribution >= 0.6 is 11.3 Å². The summed E-state index contributed by atoms with van der Waals surface area (Å²) < 4.78 is 35.2. The van der Waals surface area contributed by atoms with E-state index in [4.69, 9.17) is 4.74 Å². The molecular weight excluding hydrogens is 466 g/mol. The van der Waals surface area contributed by atoms with Gasteiger partial charge in [-0.25, -0.2) is 17.4 Å². The van der Waals surface area contributed by atoms with Gasteiger partial charge in [0.1, 0.15) is 23.7 Å². The highest BCUT2D eigenvalue weighted by atomic mass is 35.5. The molecule has 0 saturated heterocycles. The summed E-state index contributed by atoms with van der Waals surface area (Å²) in [4.78, 5) is 4.30. The number of hydrogen-bond acceptors (Lipinski definition) is 5. The lowest BCUT2D eigenvalue weighted by Crippen LogP contribution is -3.00. The van der Waals surface area contributed by atoms with Crippen molar-refractivity contribution >= 4 is 32.3 Å². The Kier molecular flexibility index (Phi) is 6.24. The molecule has 0 bridgehead atoms. The number of benzene rings is 1. The van der Waals surface area contributed by atoms with Gasteiger partial charge in [-0.15, -0.1) is 11.3 Å². The number of aromatic nitrogens is 2.